The maximum Gasteiger partial charge on any atom is 0.0568 e. The summed E-state index contributed by atoms with van der Waals surface area (Å²) in [5, 5.41) is 8.73. The first-order chi connectivity index (χ1) is 14.8. The van der Waals surface area contributed by atoms with Crippen molar-refractivity contribution in [3.63, 3.8) is 0 Å². The lowest BCUT2D eigenvalue weighted by Gasteiger charge is -2.37. The maximum atomic E-state index is 2.41. The van der Waals surface area contributed by atoms with E-state index in [1.807, 2.05) is 0 Å². The fourth-order valence-electron chi connectivity index (χ4n) is 4.48. The normalized spacial score (nSPS) is 14.2. The van der Waals surface area contributed by atoms with Crippen LogP contribution in [0.1, 0.15) is 45.7 Å². The van der Waals surface area contributed by atoms with Crippen LogP contribution in [0.3, 0.4) is 0 Å². The number of nitrogens with zero attached hydrogens (tertiary/aromatic N) is 2. The molecule has 158 valence electrons. The van der Waals surface area contributed by atoms with Crippen molar-refractivity contribution in [2.24, 2.45) is 0 Å². The minimum atomic E-state index is -0.00922. The third-order valence-electron chi connectivity index (χ3n) is 6.11. The van der Waals surface area contributed by atoms with Crippen molar-refractivity contribution in [3.05, 3.63) is 87.2 Å². The van der Waals surface area contributed by atoms with Crippen molar-refractivity contribution in [2.75, 3.05) is 9.80 Å². The van der Waals surface area contributed by atoms with Crippen molar-refractivity contribution in [2.45, 2.75) is 45.6 Å². The molecule has 0 bridgehead atoms. The highest BCUT2D eigenvalue weighted by Crippen LogP contribution is 2.51. The van der Waals surface area contributed by atoms with E-state index in [9.17, 15) is 0 Å². The Morgan fingerprint density at radius 1 is 0.645 bits per heavy atom. The van der Waals surface area contributed by atoms with Gasteiger partial charge in [0.05, 0.1) is 11.4 Å². The molecule has 5 rings (SSSR count). The highest BCUT2D eigenvalue weighted by atomic mass is 32.1. The summed E-state index contributed by atoms with van der Waals surface area (Å²) in [7, 11) is 0. The lowest BCUT2D eigenvalue weighted by Crippen LogP contribution is -2.37. The van der Waals surface area contributed by atoms with Gasteiger partial charge < -0.3 is 9.80 Å². The number of hydrogen-bond donors (Lipinski definition) is 0. The summed E-state index contributed by atoms with van der Waals surface area (Å²) >= 11 is 3.47. The molecule has 1 aliphatic rings. The molecule has 0 spiro atoms. The van der Waals surface area contributed by atoms with E-state index >= 15 is 0 Å². The van der Waals surface area contributed by atoms with E-state index in [1.54, 1.807) is 22.7 Å². The van der Waals surface area contributed by atoms with Gasteiger partial charge in [0.1, 0.15) is 0 Å². The van der Waals surface area contributed by atoms with Crippen LogP contribution in [0.15, 0.2) is 76.1 Å². The average molecular weight is 445 g/mol. The fraction of sp³-hybridized carbons (Fsp3) is 0.259. The molecule has 2 aromatic heterocycles. The highest BCUT2D eigenvalue weighted by molar-refractivity contribution is 7.08. The van der Waals surface area contributed by atoms with E-state index in [0.29, 0.717) is 0 Å². The van der Waals surface area contributed by atoms with Gasteiger partial charge in [-0.1, -0.05) is 19.9 Å². The molecule has 1 aliphatic carbocycles. The van der Waals surface area contributed by atoms with E-state index in [4.69, 9.17) is 0 Å². The summed E-state index contributed by atoms with van der Waals surface area (Å²) < 4.78 is 0. The Balaban J connectivity index is 1.54. The van der Waals surface area contributed by atoms with E-state index in [1.165, 1.54) is 39.6 Å². The predicted octanol–water partition coefficient (Wildman–Crippen LogP) is 8.86. The summed E-state index contributed by atoms with van der Waals surface area (Å²) in [6, 6.07) is 20.3. The molecule has 0 unspecified atom stereocenters. The Bertz CT molecular complexity index is 1180. The zero-order valence-corrected chi connectivity index (χ0v) is 20.3. The van der Waals surface area contributed by atoms with Crippen LogP contribution in [0.25, 0.3) is 0 Å². The van der Waals surface area contributed by atoms with Gasteiger partial charge in [0.2, 0.25) is 0 Å². The molecule has 31 heavy (non-hydrogen) atoms. The van der Waals surface area contributed by atoms with Crippen LogP contribution in [0.4, 0.5) is 28.4 Å². The van der Waals surface area contributed by atoms with E-state index in [-0.39, 0.29) is 11.0 Å². The second-order valence-electron chi connectivity index (χ2n) is 9.68. The van der Waals surface area contributed by atoms with Gasteiger partial charge in [0, 0.05) is 38.8 Å². The van der Waals surface area contributed by atoms with Crippen LogP contribution in [0.2, 0.25) is 0 Å². The average Bonchev–Trinajstić information content (AvgIpc) is 3.22. The van der Waals surface area contributed by atoms with Gasteiger partial charge in [-0.3, -0.25) is 0 Å². The number of hydrogen-bond acceptors (Lipinski definition) is 4. The van der Waals surface area contributed by atoms with Crippen LogP contribution in [0.5, 0.6) is 0 Å². The first-order valence-corrected chi connectivity index (χ1v) is 12.6. The van der Waals surface area contributed by atoms with Gasteiger partial charge in [-0.2, -0.15) is 22.7 Å². The Hall–Kier alpha value is -2.56. The third-order valence-corrected chi connectivity index (χ3v) is 7.45. The van der Waals surface area contributed by atoms with Gasteiger partial charge >= 0.3 is 0 Å². The van der Waals surface area contributed by atoms with Crippen LogP contribution < -0.4 is 9.80 Å². The number of thiophene rings is 2. The summed E-state index contributed by atoms with van der Waals surface area (Å²) in [6.45, 7) is 11.4. The fourth-order valence-corrected chi connectivity index (χ4v) is 5.72. The number of anilines is 5. The molecule has 0 N–H and O–H groups in total. The summed E-state index contributed by atoms with van der Waals surface area (Å²) in [5.41, 5.74) is 9.20. The van der Waals surface area contributed by atoms with Crippen molar-refractivity contribution < 1.29 is 0 Å². The number of rotatable bonds is 5. The predicted molar refractivity (Wildman–Crippen MR) is 137 cm³/mol. The lowest BCUT2D eigenvalue weighted by molar-refractivity contribution is 0.561. The Kier molecular flexibility index (Phi) is 4.76. The standard InChI is InChI=1S/C27H28N2S2/c1-26(2,3)29(23-13-15-31-18-23)20-8-6-19(7-9-20)28(22-12-14-30-17-22)21-10-11-24-25(16-21)27(24,4)5/h6-18H,1-5H3. The number of fused-ring (bicyclic) bond motifs is 1. The molecule has 0 fully saturated rings. The number of benzene rings is 2. The molecule has 0 saturated heterocycles. The van der Waals surface area contributed by atoms with Gasteiger partial charge in [0.15, 0.2) is 0 Å². The summed E-state index contributed by atoms with van der Waals surface area (Å²) in [6.07, 6.45) is 0. The van der Waals surface area contributed by atoms with Gasteiger partial charge in [0.25, 0.3) is 0 Å². The highest BCUT2D eigenvalue weighted by Gasteiger charge is 2.41. The lowest BCUT2D eigenvalue weighted by atomic mass is 10.0. The molecular formula is C27H28N2S2. The van der Waals surface area contributed by atoms with Crippen molar-refractivity contribution in [1.29, 1.82) is 0 Å². The van der Waals surface area contributed by atoms with E-state index in [2.05, 4.69) is 121 Å². The monoisotopic (exact) mass is 444 g/mol. The van der Waals surface area contributed by atoms with Crippen LogP contribution in [-0.2, 0) is 5.41 Å². The SMILES string of the molecule is CC1(C)c2ccc(N(c3ccc(N(c4ccsc4)C(C)(C)C)cc3)c3ccsc3)cc21. The largest absolute Gasteiger partial charge is 0.335 e. The first-order valence-electron chi connectivity index (χ1n) is 10.7. The van der Waals surface area contributed by atoms with Crippen LogP contribution in [-0.4, -0.2) is 5.54 Å². The van der Waals surface area contributed by atoms with Crippen molar-refractivity contribution >= 4 is 51.1 Å². The van der Waals surface area contributed by atoms with Gasteiger partial charge in [-0.15, -0.1) is 0 Å². The molecular weight excluding hydrogens is 416 g/mol. The summed E-state index contributed by atoms with van der Waals surface area (Å²) in [4.78, 5) is 4.77. The quantitative estimate of drug-likeness (QED) is 0.303. The maximum absolute atomic E-state index is 2.41. The van der Waals surface area contributed by atoms with Crippen LogP contribution >= 0.6 is 22.7 Å². The van der Waals surface area contributed by atoms with E-state index < -0.39 is 0 Å². The van der Waals surface area contributed by atoms with Gasteiger partial charge in [-0.05, 0) is 91.2 Å². The molecule has 0 atom stereocenters. The van der Waals surface area contributed by atoms with Crippen LogP contribution in [0, 0.1) is 0 Å². The third kappa shape index (κ3) is 3.58. The van der Waals surface area contributed by atoms with Gasteiger partial charge in [-0.25, -0.2) is 0 Å². The molecule has 2 aromatic carbocycles. The zero-order chi connectivity index (χ0) is 21.8. The minimum Gasteiger partial charge on any atom is -0.335 e. The minimum absolute atomic E-state index is 0.00922. The van der Waals surface area contributed by atoms with E-state index in [0.717, 1.165) is 0 Å². The first kappa shape index (κ1) is 20.3. The second-order valence-corrected chi connectivity index (χ2v) is 11.2. The zero-order valence-electron chi connectivity index (χ0n) is 18.7. The molecule has 2 heterocycles. The molecule has 0 amide bonds. The molecule has 0 radical (unpaired) electrons. The second kappa shape index (κ2) is 7.25. The molecule has 0 saturated carbocycles. The Morgan fingerprint density at radius 3 is 1.77 bits per heavy atom. The summed E-state index contributed by atoms with van der Waals surface area (Å²) in [5.74, 6) is 0. The Morgan fingerprint density at radius 2 is 1.23 bits per heavy atom. The topological polar surface area (TPSA) is 6.48 Å². The Labute approximate surface area is 193 Å². The molecule has 4 aromatic rings. The van der Waals surface area contributed by atoms with Crippen molar-refractivity contribution in [1.82, 2.24) is 0 Å². The molecule has 4 heteroatoms. The molecule has 2 nitrogen and oxygen atoms in total. The molecule has 0 aliphatic heterocycles. The van der Waals surface area contributed by atoms with Crippen molar-refractivity contribution in [3.8, 4) is 0 Å². The smallest absolute Gasteiger partial charge is 0.0568 e.